The maximum atomic E-state index is 11.5. The van der Waals surface area contributed by atoms with Crippen LogP contribution in [0.2, 0.25) is 0 Å². The third-order valence-electron chi connectivity index (χ3n) is 2.35. The molecule has 0 aliphatic carbocycles. The third-order valence-corrected chi connectivity index (χ3v) is 2.35. The molecular formula is C12H21N3O2. The highest BCUT2D eigenvalue weighted by Gasteiger charge is 2.30. The van der Waals surface area contributed by atoms with Crippen LogP contribution < -0.4 is 5.32 Å². The molecule has 0 unspecified atom stereocenters. The molecule has 0 radical (unpaired) electrons. The standard InChI is InChI=1S/C12H21N3O2/c1-6-10(13-5)15-7-9(8-15)14-11(16)17-12(2,3)4/h6,9H,5,7-8H2,1-4H3,(H,14,16)/b10-6+. The molecule has 1 aliphatic rings. The molecular weight excluding hydrogens is 218 g/mol. The number of carbonyl (C=O) groups is 1. The first-order chi connectivity index (χ1) is 7.85. The zero-order valence-electron chi connectivity index (χ0n) is 11.0. The molecule has 0 aromatic carbocycles. The Kier molecular flexibility index (Phi) is 4.15. The smallest absolute Gasteiger partial charge is 0.407 e. The maximum absolute atomic E-state index is 11.5. The molecule has 0 spiro atoms. The van der Waals surface area contributed by atoms with Crippen molar-refractivity contribution in [3.8, 4) is 0 Å². The van der Waals surface area contributed by atoms with Gasteiger partial charge in [0, 0.05) is 13.1 Å². The highest BCUT2D eigenvalue weighted by Crippen LogP contribution is 2.16. The first-order valence-electron chi connectivity index (χ1n) is 5.73. The fraction of sp³-hybridized carbons (Fsp3) is 0.667. The van der Waals surface area contributed by atoms with Gasteiger partial charge in [0.2, 0.25) is 0 Å². The van der Waals surface area contributed by atoms with Crippen LogP contribution in [0.25, 0.3) is 0 Å². The second kappa shape index (κ2) is 5.21. The second-order valence-corrected chi connectivity index (χ2v) is 5.05. The van der Waals surface area contributed by atoms with E-state index in [1.807, 2.05) is 33.8 Å². The normalized spacial score (nSPS) is 17.4. The van der Waals surface area contributed by atoms with Crippen LogP contribution in [0.3, 0.4) is 0 Å². The van der Waals surface area contributed by atoms with E-state index in [0.717, 1.165) is 18.9 Å². The van der Waals surface area contributed by atoms with Crippen molar-refractivity contribution in [3.05, 3.63) is 11.9 Å². The summed E-state index contributed by atoms with van der Waals surface area (Å²) in [4.78, 5) is 17.4. The molecule has 1 saturated heterocycles. The molecule has 5 heteroatoms. The minimum atomic E-state index is -0.454. The van der Waals surface area contributed by atoms with Gasteiger partial charge in [0.05, 0.1) is 6.04 Å². The Hall–Kier alpha value is -1.52. The summed E-state index contributed by atoms with van der Waals surface area (Å²) in [5.41, 5.74) is -0.454. The molecule has 96 valence electrons. The van der Waals surface area contributed by atoms with Crippen molar-refractivity contribution < 1.29 is 9.53 Å². The van der Waals surface area contributed by atoms with Crippen molar-refractivity contribution in [1.82, 2.24) is 10.2 Å². The summed E-state index contributed by atoms with van der Waals surface area (Å²) < 4.78 is 5.17. The van der Waals surface area contributed by atoms with E-state index < -0.39 is 5.60 Å². The zero-order valence-corrected chi connectivity index (χ0v) is 11.0. The summed E-state index contributed by atoms with van der Waals surface area (Å²) in [6.45, 7) is 12.4. The first kappa shape index (κ1) is 13.5. The number of carbonyl (C=O) groups excluding carboxylic acids is 1. The van der Waals surface area contributed by atoms with Crippen LogP contribution in [0, 0.1) is 0 Å². The Morgan fingerprint density at radius 1 is 1.53 bits per heavy atom. The highest BCUT2D eigenvalue weighted by atomic mass is 16.6. The summed E-state index contributed by atoms with van der Waals surface area (Å²) in [7, 11) is 0. The number of nitrogens with zero attached hydrogens (tertiary/aromatic N) is 2. The SMILES string of the molecule is C=N/C(=C\C)N1CC(NC(=O)OC(C)(C)C)C1. The van der Waals surface area contributed by atoms with Gasteiger partial charge >= 0.3 is 6.09 Å². The van der Waals surface area contributed by atoms with E-state index in [4.69, 9.17) is 4.74 Å². The quantitative estimate of drug-likeness (QED) is 0.763. The summed E-state index contributed by atoms with van der Waals surface area (Å²) in [5.74, 6) is 0.854. The molecule has 0 saturated carbocycles. The van der Waals surface area contributed by atoms with Crippen molar-refractivity contribution in [2.75, 3.05) is 13.1 Å². The van der Waals surface area contributed by atoms with Crippen molar-refractivity contribution >= 4 is 12.8 Å². The summed E-state index contributed by atoms with van der Waals surface area (Å²) in [6.07, 6.45) is 1.53. The Morgan fingerprint density at radius 3 is 2.53 bits per heavy atom. The molecule has 1 rings (SSSR count). The van der Waals surface area contributed by atoms with Crippen LogP contribution in [0.1, 0.15) is 27.7 Å². The van der Waals surface area contributed by atoms with Crippen LogP contribution in [-0.4, -0.2) is 42.4 Å². The van der Waals surface area contributed by atoms with E-state index >= 15 is 0 Å². The van der Waals surface area contributed by atoms with Crippen molar-refractivity contribution in [2.45, 2.75) is 39.3 Å². The average molecular weight is 239 g/mol. The van der Waals surface area contributed by atoms with Crippen LogP contribution >= 0.6 is 0 Å². The summed E-state index contributed by atoms with van der Waals surface area (Å²) in [6, 6.07) is 0.126. The molecule has 1 aliphatic heterocycles. The lowest BCUT2D eigenvalue weighted by Gasteiger charge is -2.41. The van der Waals surface area contributed by atoms with Gasteiger partial charge in [-0.3, -0.25) is 0 Å². The number of ether oxygens (including phenoxy) is 1. The van der Waals surface area contributed by atoms with E-state index in [9.17, 15) is 4.79 Å². The highest BCUT2D eigenvalue weighted by molar-refractivity contribution is 5.68. The topological polar surface area (TPSA) is 53.9 Å². The van der Waals surface area contributed by atoms with Crippen LogP contribution in [0.15, 0.2) is 16.9 Å². The molecule has 0 aromatic heterocycles. The Balaban J connectivity index is 2.30. The number of hydrogen-bond acceptors (Lipinski definition) is 4. The molecule has 0 aromatic rings. The van der Waals surface area contributed by atoms with E-state index in [0.29, 0.717) is 0 Å². The number of alkyl carbamates (subject to hydrolysis) is 1. The average Bonchev–Trinajstić information content (AvgIpc) is 2.12. The predicted molar refractivity (Wildman–Crippen MR) is 68.0 cm³/mol. The Labute approximate surface area is 103 Å². The minimum absolute atomic E-state index is 0.126. The lowest BCUT2D eigenvalue weighted by atomic mass is 10.1. The second-order valence-electron chi connectivity index (χ2n) is 5.05. The number of hydrogen-bond donors (Lipinski definition) is 1. The van der Waals surface area contributed by atoms with Crippen LogP contribution in [0.4, 0.5) is 4.79 Å². The molecule has 0 bridgehead atoms. The molecule has 1 amide bonds. The number of aliphatic imine (C=N–C) groups is 1. The molecule has 1 N–H and O–H groups in total. The van der Waals surface area contributed by atoms with Gasteiger partial charge in [-0.25, -0.2) is 9.79 Å². The third kappa shape index (κ3) is 4.09. The Morgan fingerprint density at radius 2 is 2.12 bits per heavy atom. The van der Waals surface area contributed by atoms with Crippen molar-refractivity contribution in [3.63, 3.8) is 0 Å². The lowest BCUT2D eigenvalue weighted by molar-refractivity contribution is 0.0433. The number of nitrogens with one attached hydrogen (secondary N) is 1. The van der Waals surface area contributed by atoms with Gasteiger partial charge in [0.15, 0.2) is 0 Å². The van der Waals surface area contributed by atoms with Gasteiger partial charge in [-0.1, -0.05) is 0 Å². The number of rotatable bonds is 3. The van der Waals surface area contributed by atoms with Gasteiger partial charge in [0.1, 0.15) is 11.4 Å². The molecule has 1 heterocycles. The molecule has 1 fully saturated rings. The number of allylic oxidation sites excluding steroid dienone is 1. The van der Waals surface area contributed by atoms with Crippen molar-refractivity contribution in [1.29, 1.82) is 0 Å². The monoisotopic (exact) mass is 239 g/mol. The molecule has 17 heavy (non-hydrogen) atoms. The fourth-order valence-electron chi connectivity index (χ4n) is 1.61. The van der Waals surface area contributed by atoms with E-state index in [-0.39, 0.29) is 12.1 Å². The minimum Gasteiger partial charge on any atom is -0.444 e. The molecule has 5 nitrogen and oxygen atoms in total. The van der Waals surface area contributed by atoms with Crippen molar-refractivity contribution in [2.24, 2.45) is 4.99 Å². The largest absolute Gasteiger partial charge is 0.444 e. The number of likely N-dealkylation sites (tertiary alicyclic amines) is 1. The first-order valence-corrected chi connectivity index (χ1v) is 5.73. The molecule has 0 atom stereocenters. The van der Waals surface area contributed by atoms with Gasteiger partial charge in [0.25, 0.3) is 0 Å². The summed E-state index contributed by atoms with van der Waals surface area (Å²) in [5, 5.41) is 2.81. The lowest BCUT2D eigenvalue weighted by Crippen LogP contribution is -2.58. The van der Waals surface area contributed by atoms with E-state index in [2.05, 4.69) is 21.9 Å². The van der Waals surface area contributed by atoms with Gasteiger partial charge < -0.3 is 15.0 Å². The van der Waals surface area contributed by atoms with Crippen LogP contribution in [0.5, 0.6) is 0 Å². The zero-order chi connectivity index (χ0) is 13.1. The number of amides is 1. The van der Waals surface area contributed by atoms with Gasteiger partial charge in [-0.05, 0) is 40.5 Å². The van der Waals surface area contributed by atoms with Crippen LogP contribution in [-0.2, 0) is 4.74 Å². The predicted octanol–water partition coefficient (Wildman–Crippen LogP) is 1.76. The van der Waals surface area contributed by atoms with E-state index in [1.54, 1.807) is 0 Å². The fourth-order valence-corrected chi connectivity index (χ4v) is 1.61. The maximum Gasteiger partial charge on any atom is 0.407 e. The van der Waals surface area contributed by atoms with Gasteiger partial charge in [-0.15, -0.1) is 0 Å². The van der Waals surface area contributed by atoms with Gasteiger partial charge in [-0.2, -0.15) is 0 Å². The summed E-state index contributed by atoms with van der Waals surface area (Å²) >= 11 is 0. The Bertz CT molecular complexity index is 325. The van der Waals surface area contributed by atoms with E-state index in [1.165, 1.54) is 0 Å².